The Balaban J connectivity index is 1.41. The summed E-state index contributed by atoms with van der Waals surface area (Å²) < 4.78 is 18.7. The average molecular weight is 667 g/mol. The van der Waals surface area contributed by atoms with Crippen LogP contribution in [0.3, 0.4) is 0 Å². The van der Waals surface area contributed by atoms with Crippen molar-refractivity contribution < 1.29 is 33.7 Å². The van der Waals surface area contributed by atoms with Gasteiger partial charge in [0.1, 0.15) is 18.4 Å². The Bertz CT molecular complexity index is 1740. The molecule has 5 rings (SSSR count). The van der Waals surface area contributed by atoms with Crippen molar-refractivity contribution in [3.63, 3.8) is 0 Å². The number of nitrogens with zero attached hydrogens (tertiary/aromatic N) is 2. The highest BCUT2D eigenvalue weighted by Gasteiger charge is 2.48. The number of esters is 2. The van der Waals surface area contributed by atoms with Crippen LogP contribution in [0.15, 0.2) is 29.1 Å². The van der Waals surface area contributed by atoms with E-state index in [1.165, 1.54) is 11.8 Å². The average Bonchev–Trinajstić information content (AvgIpc) is 3.43. The van der Waals surface area contributed by atoms with Gasteiger partial charge in [0.15, 0.2) is 12.4 Å². The highest BCUT2D eigenvalue weighted by Crippen LogP contribution is 2.42. The van der Waals surface area contributed by atoms with Gasteiger partial charge in [-0.1, -0.05) is 20.3 Å². The molecule has 2 aliphatic rings. The van der Waals surface area contributed by atoms with Crippen LogP contribution >= 0.6 is 11.8 Å². The summed E-state index contributed by atoms with van der Waals surface area (Å²) in [5.74, 6) is -0.864. The number of nitrogens with two attached hydrogens (primary N) is 1. The number of pyridine rings is 2. The summed E-state index contributed by atoms with van der Waals surface area (Å²) in [5.41, 5.74) is 7.87. The molecule has 2 aliphatic heterocycles. The number of cyclic esters (lactones) is 1. The summed E-state index contributed by atoms with van der Waals surface area (Å²) in [6.45, 7) is 3.79. The summed E-state index contributed by atoms with van der Waals surface area (Å²) in [6.07, 6.45) is 5.62. The molecule has 4 heterocycles. The minimum Gasteiger partial charge on any atom is -0.508 e. The number of carbonyl (C=O) groups is 3. The van der Waals surface area contributed by atoms with E-state index >= 15 is 0 Å². The molecule has 0 aliphatic carbocycles. The standard InChI is InChI=1S/C34H42N4O8S/c1-4-21-22-15-20(39)10-11-26(22)37-30-23(21)17-38-28(30)16-25-24(31(38)41)18-44-33(43)34(25,5-2)46-19-45-32(42)27(12-14-47-3)36-29(40)9-7-6-8-13-35/h10-11,15-16,27,39H,4-9,12-14,17-19,35H2,1-3H3,(H,36,40)/t27-,34-/m0/s1. The van der Waals surface area contributed by atoms with E-state index in [1.807, 2.05) is 13.2 Å². The molecule has 2 atom stereocenters. The second kappa shape index (κ2) is 14.9. The quantitative estimate of drug-likeness (QED) is 0.0961. The lowest BCUT2D eigenvalue weighted by molar-refractivity contribution is -0.203. The Morgan fingerprint density at radius 2 is 2.00 bits per heavy atom. The third kappa shape index (κ3) is 6.74. The summed E-state index contributed by atoms with van der Waals surface area (Å²) in [5, 5.41) is 13.7. The molecule has 3 aromatic rings. The number of aryl methyl sites for hydroxylation is 1. The van der Waals surface area contributed by atoms with Crippen molar-refractivity contribution in [2.45, 2.75) is 83.6 Å². The maximum atomic E-state index is 13.9. The van der Waals surface area contributed by atoms with E-state index in [-0.39, 0.29) is 42.2 Å². The van der Waals surface area contributed by atoms with Crippen LogP contribution in [-0.4, -0.2) is 63.9 Å². The van der Waals surface area contributed by atoms with Crippen LogP contribution in [0.1, 0.15) is 74.6 Å². The van der Waals surface area contributed by atoms with Gasteiger partial charge < -0.3 is 34.9 Å². The number of phenols is 1. The lowest BCUT2D eigenvalue weighted by Crippen LogP contribution is -2.47. The molecule has 0 bridgehead atoms. The topological polar surface area (TPSA) is 172 Å². The number of unbranched alkanes of at least 4 members (excludes halogenated alkanes) is 2. The normalized spacial score (nSPS) is 17.1. The van der Waals surface area contributed by atoms with Crippen LogP contribution in [0, 0.1) is 0 Å². The van der Waals surface area contributed by atoms with Gasteiger partial charge in [-0.05, 0) is 80.5 Å². The first-order valence-corrected chi connectivity index (χ1v) is 17.5. The van der Waals surface area contributed by atoms with E-state index in [9.17, 15) is 24.3 Å². The smallest absolute Gasteiger partial charge is 0.343 e. The Morgan fingerprint density at radius 3 is 2.72 bits per heavy atom. The molecule has 1 amide bonds. The van der Waals surface area contributed by atoms with Crippen molar-refractivity contribution in [1.29, 1.82) is 0 Å². The molecule has 0 radical (unpaired) electrons. The van der Waals surface area contributed by atoms with Crippen molar-refractivity contribution >= 4 is 40.5 Å². The summed E-state index contributed by atoms with van der Waals surface area (Å²) in [6, 6.07) is 5.88. The van der Waals surface area contributed by atoms with Gasteiger partial charge in [-0.2, -0.15) is 11.8 Å². The minimum atomic E-state index is -1.71. The fourth-order valence-electron chi connectivity index (χ4n) is 6.43. The van der Waals surface area contributed by atoms with Crippen molar-refractivity contribution in [2.75, 3.05) is 25.3 Å². The van der Waals surface area contributed by atoms with E-state index in [2.05, 4.69) is 5.32 Å². The van der Waals surface area contributed by atoms with Crippen molar-refractivity contribution in [3.05, 3.63) is 56.9 Å². The summed E-state index contributed by atoms with van der Waals surface area (Å²) >= 11 is 1.54. The molecule has 0 saturated heterocycles. The number of ether oxygens (including phenoxy) is 3. The van der Waals surface area contributed by atoms with E-state index in [0.717, 1.165) is 29.4 Å². The van der Waals surface area contributed by atoms with Crippen LogP contribution in [0.2, 0.25) is 0 Å². The molecule has 252 valence electrons. The fourth-order valence-corrected chi connectivity index (χ4v) is 6.90. The highest BCUT2D eigenvalue weighted by molar-refractivity contribution is 7.98. The predicted molar refractivity (Wildman–Crippen MR) is 178 cm³/mol. The lowest BCUT2D eigenvalue weighted by atomic mass is 9.85. The summed E-state index contributed by atoms with van der Waals surface area (Å²) in [4.78, 5) is 57.9. The molecule has 0 spiro atoms. The van der Waals surface area contributed by atoms with E-state index < -0.39 is 30.4 Å². The number of carbonyl (C=O) groups excluding carboxylic acids is 3. The Morgan fingerprint density at radius 1 is 1.19 bits per heavy atom. The first-order valence-electron chi connectivity index (χ1n) is 16.1. The molecule has 12 nitrogen and oxygen atoms in total. The number of nitrogens with one attached hydrogen (secondary N) is 1. The van der Waals surface area contributed by atoms with E-state index in [0.29, 0.717) is 60.6 Å². The van der Waals surface area contributed by atoms with Gasteiger partial charge in [-0.15, -0.1) is 0 Å². The zero-order valence-electron chi connectivity index (χ0n) is 27.1. The Hall–Kier alpha value is -3.94. The Kier molecular flexibility index (Phi) is 10.9. The van der Waals surface area contributed by atoms with Gasteiger partial charge in [0, 0.05) is 22.9 Å². The monoisotopic (exact) mass is 666 g/mol. The SMILES string of the molecule is CCc1c2c(nc3ccc(O)cc13)-c1cc3c(c(=O)n1C2)COC(=O)[C@@]3(CC)OCOC(=O)[C@H](CCSC)NC(=O)CCCCCN. The molecule has 4 N–H and O–H groups in total. The van der Waals surface area contributed by atoms with Gasteiger partial charge in [0.2, 0.25) is 5.91 Å². The largest absolute Gasteiger partial charge is 0.508 e. The number of thioether (sulfide) groups is 1. The van der Waals surface area contributed by atoms with Crippen molar-refractivity contribution in [2.24, 2.45) is 5.73 Å². The molecule has 2 aromatic heterocycles. The number of rotatable bonds is 15. The maximum Gasteiger partial charge on any atom is 0.343 e. The van der Waals surface area contributed by atoms with Crippen LogP contribution in [0.4, 0.5) is 0 Å². The first kappa shape index (κ1) is 34.4. The molecule has 0 unspecified atom stereocenters. The number of amides is 1. The Labute approximate surface area is 277 Å². The number of aromatic hydroxyl groups is 1. The number of hydrogen-bond donors (Lipinski definition) is 3. The zero-order chi connectivity index (χ0) is 33.7. The van der Waals surface area contributed by atoms with Gasteiger partial charge in [0.25, 0.3) is 5.56 Å². The minimum absolute atomic E-state index is 0.103. The lowest BCUT2D eigenvalue weighted by Gasteiger charge is -2.36. The number of benzene rings is 1. The third-order valence-corrected chi connectivity index (χ3v) is 9.60. The van der Waals surface area contributed by atoms with E-state index in [4.69, 9.17) is 24.9 Å². The van der Waals surface area contributed by atoms with Gasteiger partial charge >= 0.3 is 11.9 Å². The van der Waals surface area contributed by atoms with Gasteiger partial charge in [-0.3, -0.25) is 9.59 Å². The molecule has 13 heteroatoms. The second-order valence-electron chi connectivity index (χ2n) is 11.8. The first-order chi connectivity index (χ1) is 22.7. The molecule has 0 saturated carbocycles. The van der Waals surface area contributed by atoms with Crippen LogP contribution in [0.25, 0.3) is 22.3 Å². The van der Waals surface area contributed by atoms with Gasteiger partial charge in [0.05, 0.1) is 29.0 Å². The fraction of sp³-hybridized carbons (Fsp3) is 0.500. The van der Waals surface area contributed by atoms with Gasteiger partial charge in [-0.25, -0.2) is 14.6 Å². The highest BCUT2D eigenvalue weighted by atomic mass is 32.2. The maximum absolute atomic E-state index is 13.9. The zero-order valence-corrected chi connectivity index (χ0v) is 27.9. The third-order valence-electron chi connectivity index (χ3n) is 8.96. The number of phenolic OH excluding ortho intramolecular Hbond substituents is 1. The molecular formula is C34H42N4O8S. The second-order valence-corrected chi connectivity index (χ2v) is 12.8. The van der Waals surface area contributed by atoms with Crippen LogP contribution in [0.5, 0.6) is 5.75 Å². The molecule has 47 heavy (non-hydrogen) atoms. The molecule has 0 fully saturated rings. The van der Waals surface area contributed by atoms with Crippen LogP contribution in [-0.2, 0) is 53.8 Å². The van der Waals surface area contributed by atoms with Crippen molar-refractivity contribution in [1.82, 2.24) is 14.9 Å². The molecular weight excluding hydrogens is 624 g/mol. The number of fused-ring (bicyclic) bond motifs is 5. The number of hydrogen-bond acceptors (Lipinski definition) is 11. The van der Waals surface area contributed by atoms with Crippen LogP contribution < -0.4 is 16.6 Å². The summed E-state index contributed by atoms with van der Waals surface area (Å²) in [7, 11) is 0. The van der Waals surface area contributed by atoms with Crippen molar-refractivity contribution in [3.8, 4) is 17.1 Å². The molecule has 1 aromatic carbocycles. The number of aromatic nitrogens is 2. The van der Waals surface area contributed by atoms with E-state index in [1.54, 1.807) is 35.8 Å². The predicted octanol–water partition coefficient (Wildman–Crippen LogP) is 3.63.